The zero-order valence-electron chi connectivity index (χ0n) is 11.4. The number of benzene rings is 1. The lowest BCUT2D eigenvalue weighted by molar-refractivity contribution is 0.0911. The first-order valence-corrected chi connectivity index (χ1v) is 6.81. The quantitative estimate of drug-likeness (QED) is 0.807. The van der Waals surface area contributed by atoms with Gasteiger partial charge >= 0.3 is 0 Å². The lowest BCUT2D eigenvalue weighted by atomic mass is 9.80. The van der Waals surface area contributed by atoms with Crippen LogP contribution >= 0.6 is 0 Å². The van der Waals surface area contributed by atoms with Crippen LogP contribution in [0, 0.1) is 17.7 Å². The minimum atomic E-state index is -0.476. The number of carbonyl (C=O) groups excluding carboxylic acids is 1. The monoisotopic (exact) mass is 264 g/mol. The lowest BCUT2D eigenvalue weighted by Gasteiger charge is -2.32. The molecule has 0 spiro atoms. The van der Waals surface area contributed by atoms with E-state index in [-0.39, 0.29) is 17.6 Å². The molecule has 2 atom stereocenters. The second kappa shape index (κ2) is 5.59. The van der Waals surface area contributed by atoms with Gasteiger partial charge in [-0.1, -0.05) is 13.8 Å². The minimum absolute atomic E-state index is 0.177. The second-order valence-electron chi connectivity index (χ2n) is 5.86. The molecule has 0 saturated heterocycles. The molecular formula is C15H21FN2O. The average molecular weight is 264 g/mol. The Labute approximate surface area is 113 Å². The molecule has 3 nitrogen and oxygen atoms in total. The number of hydrogen-bond donors (Lipinski definition) is 2. The Morgan fingerprint density at radius 3 is 2.42 bits per heavy atom. The van der Waals surface area contributed by atoms with Crippen LogP contribution in [0.5, 0.6) is 0 Å². The molecule has 3 N–H and O–H groups in total. The summed E-state index contributed by atoms with van der Waals surface area (Å²) in [6.07, 6.45) is 3.18. The number of rotatable bonds is 2. The van der Waals surface area contributed by atoms with Crippen molar-refractivity contribution in [1.82, 2.24) is 5.32 Å². The Bertz CT molecular complexity index is 445. The molecule has 1 aliphatic carbocycles. The van der Waals surface area contributed by atoms with Gasteiger partial charge < -0.3 is 11.1 Å². The number of halogens is 1. The van der Waals surface area contributed by atoms with Gasteiger partial charge in [-0.3, -0.25) is 4.79 Å². The molecule has 0 heterocycles. The van der Waals surface area contributed by atoms with Gasteiger partial charge in [0.1, 0.15) is 5.82 Å². The molecule has 2 rings (SSSR count). The number of nitrogens with two attached hydrogens (primary N) is 1. The normalized spacial score (nSPS) is 27.0. The number of nitrogen functional groups attached to an aromatic ring is 1. The predicted octanol–water partition coefficient (Wildman–Crippen LogP) is 2.96. The molecule has 1 aromatic rings. The Hall–Kier alpha value is -1.58. The molecule has 0 aromatic heterocycles. The van der Waals surface area contributed by atoms with E-state index in [0.717, 1.165) is 12.8 Å². The first-order chi connectivity index (χ1) is 8.94. The topological polar surface area (TPSA) is 55.1 Å². The summed E-state index contributed by atoms with van der Waals surface area (Å²) in [6, 6.07) is 4.12. The zero-order chi connectivity index (χ0) is 14.0. The van der Waals surface area contributed by atoms with E-state index < -0.39 is 5.82 Å². The summed E-state index contributed by atoms with van der Waals surface area (Å²) in [7, 11) is 0. The number of carbonyl (C=O) groups is 1. The first kappa shape index (κ1) is 13.8. The van der Waals surface area contributed by atoms with Crippen LogP contribution in [-0.4, -0.2) is 11.9 Å². The number of anilines is 1. The Morgan fingerprint density at radius 2 is 1.84 bits per heavy atom. The van der Waals surface area contributed by atoms with Gasteiger partial charge in [-0.05, 0) is 49.3 Å². The van der Waals surface area contributed by atoms with Crippen molar-refractivity contribution < 1.29 is 9.18 Å². The van der Waals surface area contributed by atoms with E-state index in [9.17, 15) is 9.18 Å². The summed E-state index contributed by atoms with van der Waals surface area (Å²) >= 11 is 0. The molecule has 1 fully saturated rings. The fourth-order valence-electron chi connectivity index (χ4n) is 3.08. The van der Waals surface area contributed by atoms with Crippen LogP contribution in [0.1, 0.15) is 43.5 Å². The molecule has 0 bridgehead atoms. The molecule has 104 valence electrons. The molecular weight excluding hydrogens is 243 g/mol. The highest BCUT2D eigenvalue weighted by atomic mass is 19.1. The molecule has 1 aromatic carbocycles. The van der Waals surface area contributed by atoms with Crippen molar-refractivity contribution in [3.05, 3.63) is 29.6 Å². The van der Waals surface area contributed by atoms with E-state index >= 15 is 0 Å². The van der Waals surface area contributed by atoms with Gasteiger partial charge in [0.2, 0.25) is 0 Å². The summed E-state index contributed by atoms with van der Waals surface area (Å²) in [5, 5.41) is 2.99. The van der Waals surface area contributed by atoms with Gasteiger partial charge in [-0.25, -0.2) is 4.39 Å². The summed E-state index contributed by atoms with van der Waals surface area (Å²) in [4.78, 5) is 12.1. The molecule has 0 radical (unpaired) electrons. The van der Waals surface area contributed by atoms with E-state index in [1.54, 1.807) is 0 Å². The molecule has 1 amide bonds. The van der Waals surface area contributed by atoms with E-state index in [1.165, 1.54) is 24.6 Å². The van der Waals surface area contributed by atoms with Gasteiger partial charge in [0.05, 0.1) is 0 Å². The fraction of sp³-hybridized carbons (Fsp3) is 0.533. The van der Waals surface area contributed by atoms with Crippen LogP contribution < -0.4 is 11.1 Å². The SMILES string of the molecule is CC1CC(C)CC(NC(=O)c2cc(N)cc(F)c2)C1. The van der Waals surface area contributed by atoms with E-state index in [1.807, 2.05) is 0 Å². The first-order valence-electron chi connectivity index (χ1n) is 6.81. The van der Waals surface area contributed by atoms with Gasteiger partial charge in [0, 0.05) is 17.3 Å². The minimum Gasteiger partial charge on any atom is -0.399 e. The Morgan fingerprint density at radius 1 is 1.21 bits per heavy atom. The van der Waals surface area contributed by atoms with Gasteiger partial charge in [0.25, 0.3) is 5.91 Å². The average Bonchev–Trinajstić information content (AvgIpc) is 2.25. The van der Waals surface area contributed by atoms with Crippen LogP contribution in [0.25, 0.3) is 0 Å². The fourth-order valence-corrected chi connectivity index (χ4v) is 3.08. The van der Waals surface area contributed by atoms with Crippen molar-refractivity contribution in [2.45, 2.75) is 39.2 Å². The zero-order valence-corrected chi connectivity index (χ0v) is 11.4. The van der Waals surface area contributed by atoms with E-state index in [4.69, 9.17) is 5.73 Å². The van der Waals surface area contributed by atoms with Crippen LogP contribution in [0.15, 0.2) is 18.2 Å². The second-order valence-corrected chi connectivity index (χ2v) is 5.86. The highest BCUT2D eigenvalue weighted by Crippen LogP contribution is 2.28. The summed E-state index contributed by atoms with van der Waals surface area (Å²) in [5.74, 6) is 0.520. The van der Waals surface area contributed by atoms with Crippen molar-refractivity contribution in [2.24, 2.45) is 11.8 Å². The highest BCUT2D eigenvalue weighted by Gasteiger charge is 2.25. The van der Waals surface area contributed by atoms with E-state index in [2.05, 4.69) is 19.2 Å². The van der Waals surface area contributed by atoms with Crippen molar-refractivity contribution >= 4 is 11.6 Å². The maximum atomic E-state index is 13.2. The molecule has 1 aliphatic rings. The largest absolute Gasteiger partial charge is 0.399 e. The van der Waals surface area contributed by atoms with Crippen LogP contribution in [0.2, 0.25) is 0 Å². The molecule has 19 heavy (non-hydrogen) atoms. The third kappa shape index (κ3) is 3.69. The van der Waals surface area contributed by atoms with E-state index in [0.29, 0.717) is 17.4 Å². The summed E-state index contributed by atoms with van der Waals surface area (Å²) < 4.78 is 13.2. The third-order valence-electron chi connectivity index (χ3n) is 3.70. The van der Waals surface area contributed by atoms with Crippen LogP contribution in [0.3, 0.4) is 0 Å². The third-order valence-corrected chi connectivity index (χ3v) is 3.70. The molecule has 4 heteroatoms. The molecule has 2 unspecified atom stereocenters. The predicted molar refractivity (Wildman–Crippen MR) is 74.2 cm³/mol. The lowest BCUT2D eigenvalue weighted by Crippen LogP contribution is -2.40. The van der Waals surface area contributed by atoms with Crippen molar-refractivity contribution in [3.8, 4) is 0 Å². The number of amides is 1. The van der Waals surface area contributed by atoms with Crippen molar-refractivity contribution in [2.75, 3.05) is 5.73 Å². The van der Waals surface area contributed by atoms with Crippen LogP contribution in [0.4, 0.5) is 10.1 Å². The highest BCUT2D eigenvalue weighted by molar-refractivity contribution is 5.95. The van der Waals surface area contributed by atoms with Crippen LogP contribution in [-0.2, 0) is 0 Å². The number of hydrogen-bond acceptors (Lipinski definition) is 2. The van der Waals surface area contributed by atoms with Gasteiger partial charge in [-0.2, -0.15) is 0 Å². The molecule has 0 aliphatic heterocycles. The van der Waals surface area contributed by atoms with Gasteiger partial charge in [-0.15, -0.1) is 0 Å². The van der Waals surface area contributed by atoms with Gasteiger partial charge in [0.15, 0.2) is 0 Å². The Balaban J connectivity index is 2.04. The summed E-state index contributed by atoms with van der Waals surface area (Å²) in [6.45, 7) is 4.41. The maximum Gasteiger partial charge on any atom is 0.251 e. The molecule has 1 saturated carbocycles. The van der Waals surface area contributed by atoms with Crippen molar-refractivity contribution in [3.63, 3.8) is 0 Å². The Kier molecular flexibility index (Phi) is 4.08. The maximum absolute atomic E-state index is 13.2. The van der Waals surface area contributed by atoms with Crippen molar-refractivity contribution in [1.29, 1.82) is 0 Å². The smallest absolute Gasteiger partial charge is 0.251 e. The number of nitrogens with one attached hydrogen (secondary N) is 1. The summed E-state index contributed by atoms with van der Waals surface area (Å²) in [5.41, 5.74) is 6.12. The standard InChI is InChI=1S/C15H21FN2O/c1-9-3-10(2)5-14(4-9)18-15(19)11-6-12(16)8-13(17)7-11/h6-10,14H,3-5,17H2,1-2H3,(H,18,19).